The van der Waals surface area contributed by atoms with E-state index in [0.29, 0.717) is 23.1 Å². The monoisotopic (exact) mass is 284 g/mol. The van der Waals surface area contributed by atoms with Gasteiger partial charge < -0.3 is 4.74 Å². The fourth-order valence-electron chi connectivity index (χ4n) is 1.65. The summed E-state index contributed by atoms with van der Waals surface area (Å²) < 4.78 is 5.75. The summed E-state index contributed by atoms with van der Waals surface area (Å²) >= 11 is 12.1. The number of ether oxygens (including phenoxy) is 1. The second-order valence-corrected chi connectivity index (χ2v) is 4.85. The minimum atomic E-state index is 0.558. The molecule has 0 radical (unpaired) electrons. The van der Waals surface area contributed by atoms with Gasteiger partial charge in [-0.3, -0.25) is 0 Å². The fraction of sp³-hybridized carbons (Fsp3) is 0.333. The Labute approximate surface area is 119 Å². The fourth-order valence-corrected chi connectivity index (χ4v) is 2.24. The molecule has 0 unspecified atom stereocenters. The summed E-state index contributed by atoms with van der Waals surface area (Å²) in [5.74, 6) is 0.722. The number of halogens is 2. The highest BCUT2D eigenvalue weighted by Gasteiger charge is 2.09. The standard InChI is InChI=1S/C15H18Cl2O/c1-3-5-6-7-9-18-15-12(8-4-2)10-13(16)11-14(15)17/h3-4,10-11H,1-2,5-9H2. The Morgan fingerprint density at radius 1 is 1.11 bits per heavy atom. The van der Waals surface area contributed by atoms with E-state index in [0.717, 1.165) is 30.6 Å². The number of hydrogen-bond donors (Lipinski definition) is 0. The van der Waals surface area contributed by atoms with Crippen molar-refractivity contribution in [2.45, 2.75) is 25.7 Å². The second-order valence-electron chi connectivity index (χ2n) is 4.00. The molecule has 0 aliphatic carbocycles. The first-order chi connectivity index (χ1) is 8.69. The van der Waals surface area contributed by atoms with E-state index >= 15 is 0 Å². The minimum Gasteiger partial charge on any atom is -0.492 e. The first-order valence-corrected chi connectivity index (χ1v) is 6.77. The zero-order valence-corrected chi connectivity index (χ0v) is 11.9. The Bertz CT molecular complexity index is 413. The van der Waals surface area contributed by atoms with Crippen molar-refractivity contribution >= 4 is 23.2 Å². The molecule has 0 aliphatic heterocycles. The van der Waals surface area contributed by atoms with E-state index in [1.807, 2.05) is 18.2 Å². The van der Waals surface area contributed by atoms with Gasteiger partial charge in [-0.1, -0.05) is 35.4 Å². The maximum atomic E-state index is 6.15. The van der Waals surface area contributed by atoms with Crippen LogP contribution in [0.15, 0.2) is 37.4 Å². The summed E-state index contributed by atoms with van der Waals surface area (Å²) in [7, 11) is 0. The van der Waals surface area contributed by atoms with Gasteiger partial charge in [0.25, 0.3) is 0 Å². The third-order valence-corrected chi connectivity index (χ3v) is 3.00. The molecule has 0 spiro atoms. The minimum absolute atomic E-state index is 0.558. The van der Waals surface area contributed by atoms with Gasteiger partial charge in [0.1, 0.15) is 5.75 Å². The molecule has 0 fully saturated rings. The summed E-state index contributed by atoms with van der Waals surface area (Å²) in [6.07, 6.45) is 7.49. The van der Waals surface area contributed by atoms with Gasteiger partial charge in [0.2, 0.25) is 0 Å². The van der Waals surface area contributed by atoms with Gasteiger partial charge in [-0.15, -0.1) is 13.2 Å². The van der Waals surface area contributed by atoms with Crippen molar-refractivity contribution in [2.75, 3.05) is 6.61 Å². The number of unbranched alkanes of at least 4 members (excludes halogenated alkanes) is 2. The molecule has 98 valence electrons. The Hall–Kier alpha value is -0.920. The quantitative estimate of drug-likeness (QED) is 0.455. The maximum Gasteiger partial charge on any atom is 0.141 e. The van der Waals surface area contributed by atoms with Crippen LogP contribution in [0.3, 0.4) is 0 Å². The van der Waals surface area contributed by atoms with E-state index < -0.39 is 0 Å². The third kappa shape index (κ3) is 4.75. The average Bonchev–Trinajstić information content (AvgIpc) is 2.32. The molecule has 1 rings (SSSR count). The Kier molecular flexibility index (Phi) is 6.92. The molecular formula is C15H18Cl2O. The number of rotatable bonds is 8. The molecule has 1 nitrogen and oxygen atoms in total. The van der Waals surface area contributed by atoms with Gasteiger partial charge in [0.05, 0.1) is 11.6 Å². The molecule has 0 saturated heterocycles. The predicted octanol–water partition coefficient (Wildman–Crippen LogP) is 5.46. The van der Waals surface area contributed by atoms with Crippen LogP contribution in [0.25, 0.3) is 0 Å². The molecule has 0 N–H and O–H groups in total. The third-order valence-electron chi connectivity index (χ3n) is 2.50. The smallest absolute Gasteiger partial charge is 0.141 e. The Morgan fingerprint density at radius 3 is 2.56 bits per heavy atom. The summed E-state index contributed by atoms with van der Waals surface area (Å²) in [5.41, 5.74) is 0.978. The molecular weight excluding hydrogens is 267 g/mol. The van der Waals surface area contributed by atoms with Crippen molar-refractivity contribution in [1.29, 1.82) is 0 Å². The van der Waals surface area contributed by atoms with E-state index in [1.165, 1.54) is 0 Å². The summed E-state index contributed by atoms with van der Waals surface area (Å²) in [4.78, 5) is 0. The van der Waals surface area contributed by atoms with Crippen molar-refractivity contribution in [3.8, 4) is 5.75 Å². The van der Waals surface area contributed by atoms with E-state index in [2.05, 4.69) is 13.2 Å². The lowest BCUT2D eigenvalue weighted by Gasteiger charge is -2.12. The van der Waals surface area contributed by atoms with Crippen LogP contribution in [0.4, 0.5) is 0 Å². The van der Waals surface area contributed by atoms with Crippen LogP contribution < -0.4 is 4.74 Å². The van der Waals surface area contributed by atoms with E-state index in [1.54, 1.807) is 6.07 Å². The first-order valence-electron chi connectivity index (χ1n) is 6.01. The predicted molar refractivity (Wildman–Crippen MR) is 79.9 cm³/mol. The number of allylic oxidation sites excluding steroid dienone is 2. The Morgan fingerprint density at radius 2 is 1.89 bits per heavy atom. The van der Waals surface area contributed by atoms with Crippen molar-refractivity contribution < 1.29 is 4.74 Å². The van der Waals surface area contributed by atoms with Crippen LogP contribution in [0, 0.1) is 0 Å². The summed E-state index contributed by atoms with van der Waals surface area (Å²) in [5, 5.41) is 1.18. The van der Waals surface area contributed by atoms with Crippen molar-refractivity contribution in [3.05, 3.63) is 53.1 Å². The highest BCUT2D eigenvalue weighted by Crippen LogP contribution is 2.33. The van der Waals surface area contributed by atoms with Gasteiger partial charge in [-0.25, -0.2) is 0 Å². The topological polar surface area (TPSA) is 9.23 Å². The van der Waals surface area contributed by atoms with Crippen LogP contribution in [0.2, 0.25) is 10.0 Å². The van der Waals surface area contributed by atoms with Crippen LogP contribution in [-0.2, 0) is 6.42 Å². The average molecular weight is 285 g/mol. The van der Waals surface area contributed by atoms with Crippen LogP contribution in [0.5, 0.6) is 5.75 Å². The second kappa shape index (κ2) is 8.23. The maximum absolute atomic E-state index is 6.15. The van der Waals surface area contributed by atoms with Gasteiger partial charge in [-0.05, 0) is 37.8 Å². The van der Waals surface area contributed by atoms with Crippen molar-refractivity contribution in [1.82, 2.24) is 0 Å². The van der Waals surface area contributed by atoms with Gasteiger partial charge in [0.15, 0.2) is 0 Å². The van der Waals surface area contributed by atoms with Crippen LogP contribution in [0.1, 0.15) is 24.8 Å². The van der Waals surface area contributed by atoms with E-state index in [9.17, 15) is 0 Å². The molecule has 0 heterocycles. The molecule has 0 atom stereocenters. The molecule has 3 heteroatoms. The lowest BCUT2D eigenvalue weighted by molar-refractivity contribution is 0.305. The highest BCUT2D eigenvalue weighted by atomic mass is 35.5. The van der Waals surface area contributed by atoms with Gasteiger partial charge in [-0.2, -0.15) is 0 Å². The number of benzene rings is 1. The first kappa shape index (κ1) is 15.1. The highest BCUT2D eigenvalue weighted by molar-refractivity contribution is 6.35. The number of hydrogen-bond acceptors (Lipinski definition) is 1. The largest absolute Gasteiger partial charge is 0.492 e. The SMILES string of the molecule is C=CCCCCOc1c(Cl)cc(Cl)cc1CC=C. The molecule has 0 aliphatic rings. The summed E-state index contributed by atoms with van der Waals surface area (Å²) in [6, 6.07) is 3.57. The normalized spacial score (nSPS) is 10.1. The zero-order valence-electron chi connectivity index (χ0n) is 10.4. The molecule has 1 aromatic rings. The molecule has 0 amide bonds. The van der Waals surface area contributed by atoms with Crippen LogP contribution in [-0.4, -0.2) is 6.61 Å². The van der Waals surface area contributed by atoms with Crippen LogP contribution >= 0.6 is 23.2 Å². The summed E-state index contributed by atoms with van der Waals surface area (Å²) in [6.45, 7) is 8.07. The zero-order chi connectivity index (χ0) is 13.4. The molecule has 18 heavy (non-hydrogen) atoms. The van der Waals surface area contributed by atoms with Gasteiger partial charge >= 0.3 is 0 Å². The van der Waals surface area contributed by atoms with E-state index in [4.69, 9.17) is 27.9 Å². The molecule has 1 aromatic carbocycles. The van der Waals surface area contributed by atoms with Crippen molar-refractivity contribution in [2.24, 2.45) is 0 Å². The van der Waals surface area contributed by atoms with Gasteiger partial charge in [0, 0.05) is 10.6 Å². The Balaban J connectivity index is 2.67. The lowest BCUT2D eigenvalue weighted by Crippen LogP contribution is -2.01. The van der Waals surface area contributed by atoms with Crippen molar-refractivity contribution in [3.63, 3.8) is 0 Å². The molecule has 0 bridgehead atoms. The molecule has 0 aromatic heterocycles. The lowest BCUT2D eigenvalue weighted by atomic mass is 10.1. The molecule has 0 saturated carbocycles. The van der Waals surface area contributed by atoms with E-state index in [-0.39, 0.29) is 0 Å².